The molecule has 0 radical (unpaired) electrons. The molecule has 0 spiro atoms. The number of ether oxygens (including phenoxy) is 1. The lowest BCUT2D eigenvalue weighted by molar-refractivity contribution is -0.140. The van der Waals surface area contributed by atoms with E-state index in [-0.39, 0.29) is 12.2 Å². The predicted octanol–water partition coefficient (Wildman–Crippen LogP) is 6.14. The van der Waals surface area contributed by atoms with E-state index in [1.54, 1.807) is 70.2 Å². The van der Waals surface area contributed by atoms with Crippen molar-refractivity contribution in [2.45, 2.75) is 65.6 Å². The van der Waals surface area contributed by atoms with Gasteiger partial charge in [0.05, 0.1) is 16.8 Å². The number of aryl methyl sites for hydroxylation is 3. The summed E-state index contributed by atoms with van der Waals surface area (Å²) in [4.78, 5) is 42.4. The van der Waals surface area contributed by atoms with Crippen LogP contribution in [-0.2, 0) is 20.7 Å². The molecule has 0 saturated heterocycles. The van der Waals surface area contributed by atoms with Gasteiger partial charge in [0.2, 0.25) is 5.91 Å². The molecule has 3 amide bonds. The summed E-state index contributed by atoms with van der Waals surface area (Å²) in [6.45, 7) is 10.3. The van der Waals surface area contributed by atoms with Gasteiger partial charge in [-0.1, -0.05) is 54.1 Å². The minimum Gasteiger partial charge on any atom is -0.508 e. The topological polar surface area (TPSA) is 132 Å². The van der Waals surface area contributed by atoms with E-state index < -0.39 is 42.1 Å². The smallest absolute Gasteiger partial charge is 0.408 e. The van der Waals surface area contributed by atoms with Crippen LogP contribution in [0.3, 0.4) is 0 Å². The molecule has 0 fully saturated rings. The van der Waals surface area contributed by atoms with Crippen LogP contribution in [0.2, 0.25) is 5.02 Å². The lowest BCUT2D eigenvalue weighted by atomic mass is 9.97. The van der Waals surface area contributed by atoms with E-state index in [2.05, 4.69) is 10.6 Å². The largest absolute Gasteiger partial charge is 0.508 e. The van der Waals surface area contributed by atoms with Crippen molar-refractivity contribution in [1.82, 2.24) is 10.2 Å². The Labute approximate surface area is 257 Å². The third kappa shape index (κ3) is 8.97. The molecule has 3 aromatic carbocycles. The maximum absolute atomic E-state index is 14.3. The second-order valence-corrected chi connectivity index (χ2v) is 11.8. The van der Waals surface area contributed by atoms with Crippen LogP contribution < -0.4 is 10.6 Å². The Morgan fingerprint density at radius 3 is 2.26 bits per heavy atom. The molecule has 0 saturated carbocycles. The average molecular weight is 605 g/mol. The number of nitrogens with one attached hydrogen (secondary N) is 2. The normalized spacial score (nSPS) is 12.4. The van der Waals surface area contributed by atoms with Gasteiger partial charge in [-0.3, -0.25) is 9.59 Å². The van der Waals surface area contributed by atoms with Crippen molar-refractivity contribution in [1.29, 1.82) is 5.26 Å². The van der Waals surface area contributed by atoms with Crippen LogP contribution in [0.25, 0.3) is 0 Å². The summed E-state index contributed by atoms with van der Waals surface area (Å²) in [5, 5.41) is 25.4. The molecule has 0 aromatic heterocycles. The lowest BCUT2D eigenvalue weighted by Crippen LogP contribution is -2.53. The summed E-state index contributed by atoms with van der Waals surface area (Å²) in [5.41, 5.74) is 3.25. The third-order valence-corrected chi connectivity index (χ3v) is 7.08. The number of phenols is 1. The number of nitrogens with zero attached hydrogens (tertiary/aromatic N) is 2. The summed E-state index contributed by atoms with van der Waals surface area (Å²) in [6, 6.07) is 16.3. The first-order valence-corrected chi connectivity index (χ1v) is 14.2. The molecule has 3 N–H and O–H groups in total. The Kier molecular flexibility index (Phi) is 10.8. The van der Waals surface area contributed by atoms with Gasteiger partial charge in [0.15, 0.2) is 0 Å². The molecule has 43 heavy (non-hydrogen) atoms. The van der Waals surface area contributed by atoms with Crippen molar-refractivity contribution < 1.29 is 24.2 Å². The fourth-order valence-corrected chi connectivity index (χ4v) is 4.75. The maximum Gasteiger partial charge on any atom is 0.408 e. The van der Waals surface area contributed by atoms with E-state index in [9.17, 15) is 24.8 Å². The summed E-state index contributed by atoms with van der Waals surface area (Å²) < 4.78 is 5.42. The van der Waals surface area contributed by atoms with Crippen LogP contribution in [0, 0.1) is 32.1 Å². The van der Waals surface area contributed by atoms with Crippen molar-refractivity contribution in [3.05, 3.63) is 93.5 Å². The first-order chi connectivity index (χ1) is 20.2. The standard InChI is InChI=1S/C33H37ClN4O5/c1-20-10-13-24(18-22(20)3)29(30(40)37-28-21(2)8-7-9-26(28)34)38(17-16-35)31(41)27(36-32(42)43-33(4,5)6)19-23-11-14-25(39)15-12-23/h7-15,18,27,29,39H,17,19H2,1-6H3,(H,36,42)(H,37,40). The van der Waals surface area contributed by atoms with Gasteiger partial charge in [-0.15, -0.1) is 0 Å². The average Bonchev–Trinajstić information content (AvgIpc) is 2.92. The molecule has 0 aliphatic heterocycles. The summed E-state index contributed by atoms with van der Waals surface area (Å²) in [6.07, 6.45) is -0.828. The number of hydrogen-bond acceptors (Lipinski definition) is 6. The SMILES string of the molecule is Cc1ccc(C(C(=O)Nc2c(C)cccc2Cl)N(CC#N)C(=O)C(Cc2ccc(O)cc2)NC(=O)OC(C)(C)C)cc1C. The van der Waals surface area contributed by atoms with E-state index >= 15 is 0 Å². The Hall–Kier alpha value is -4.55. The van der Waals surface area contributed by atoms with Gasteiger partial charge in [-0.2, -0.15) is 5.26 Å². The van der Waals surface area contributed by atoms with E-state index in [1.807, 2.05) is 26.0 Å². The van der Waals surface area contributed by atoms with Gasteiger partial charge < -0.3 is 25.4 Å². The van der Waals surface area contributed by atoms with Crippen molar-refractivity contribution in [3.8, 4) is 11.8 Å². The minimum atomic E-state index is -1.25. The first kappa shape index (κ1) is 33.0. The number of amides is 3. The van der Waals surface area contributed by atoms with Crippen LogP contribution in [0.4, 0.5) is 10.5 Å². The molecule has 0 heterocycles. The quantitative estimate of drug-likeness (QED) is 0.251. The molecule has 0 bridgehead atoms. The van der Waals surface area contributed by atoms with Crippen molar-refractivity contribution in [3.63, 3.8) is 0 Å². The number of hydrogen-bond donors (Lipinski definition) is 3. The second-order valence-electron chi connectivity index (χ2n) is 11.4. The highest BCUT2D eigenvalue weighted by atomic mass is 35.5. The van der Waals surface area contributed by atoms with Crippen LogP contribution in [0.5, 0.6) is 5.75 Å². The molecule has 0 aliphatic carbocycles. The second kappa shape index (κ2) is 14.1. The third-order valence-electron chi connectivity index (χ3n) is 6.77. The lowest BCUT2D eigenvalue weighted by Gasteiger charge is -2.33. The minimum absolute atomic E-state index is 0.00513. The van der Waals surface area contributed by atoms with E-state index in [1.165, 1.54) is 12.1 Å². The maximum atomic E-state index is 14.3. The molecular formula is C33H37ClN4O5. The Morgan fingerprint density at radius 2 is 1.67 bits per heavy atom. The van der Waals surface area contributed by atoms with Gasteiger partial charge in [-0.05, 0) is 87.6 Å². The Bertz CT molecular complexity index is 1510. The fraction of sp³-hybridized carbons (Fsp3) is 0.333. The number of aromatic hydroxyl groups is 1. The highest BCUT2D eigenvalue weighted by Crippen LogP contribution is 2.30. The number of halogens is 1. The van der Waals surface area contributed by atoms with Gasteiger partial charge in [-0.25, -0.2) is 4.79 Å². The number of carbonyl (C=O) groups excluding carboxylic acids is 3. The molecule has 3 aromatic rings. The molecule has 10 heteroatoms. The number of alkyl carbamates (subject to hydrolysis) is 1. The Balaban J connectivity index is 2.10. The number of nitriles is 1. The Morgan fingerprint density at radius 1 is 1.00 bits per heavy atom. The first-order valence-electron chi connectivity index (χ1n) is 13.8. The van der Waals surface area contributed by atoms with Crippen molar-refractivity contribution in [2.24, 2.45) is 0 Å². The van der Waals surface area contributed by atoms with E-state index in [0.29, 0.717) is 21.8 Å². The monoisotopic (exact) mass is 604 g/mol. The number of carbonyl (C=O) groups is 3. The van der Waals surface area contributed by atoms with Crippen LogP contribution in [0.15, 0.2) is 60.7 Å². The molecule has 3 rings (SSSR count). The zero-order valence-electron chi connectivity index (χ0n) is 25.2. The highest BCUT2D eigenvalue weighted by Gasteiger charge is 2.37. The summed E-state index contributed by atoms with van der Waals surface area (Å²) in [5.74, 6) is -1.21. The number of anilines is 1. The van der Waals surface area contributed by atoms with E-state index in [0.717, 1.165) is 21.6 Å². The van der Waals surface area contributed by atoms with Gasteiger partial charge in [0.1, 0.15) is 30.0 Å². The van der Waals surface area contributed by atoms with Crippen LogP contribution >= 0.6 is 11.6 Å². The summed E-state index contributed by atoms with van der Waals surface area (Å²) >= 11 is 6.41. The van der Waals surface area contributed by atoms with Crippen molar-refractivity contribution >= 4 is 35.2 Å². The highest BCUT2D eigenvalue weighted by molar-refractivity contribution is 6.34. The number of para-hydroxylation sites is 1. The fourth-order valence-electron chi connectivity index (χ4n) is 4.48. The van der Waals surface area contributed by atoms with Crippen LogP contribution in [-0.4, -0.2) is 46.1 Å². The zero-order chi connectivity index (χ0) is 31.9. The van der Waals surface area contributed by atoms with E-state index in [4.69, 9.17) is 16.3 Å². The molecule has 226 valence electrons. The predicted molar refractivity (Wildman–Crippen MR) is 166 cm³/mol. The van der Waals surface area contributed by atoms with Crippen molar-refractivity contribution in [2.75, 3.05) is 11.9 Å². The van der Waals surface area contributed by atoms with Gasteiger partial charge >= 0.3 is 6.09 Å². The number of rotatable bonds is 9. The molecule has 2 unspecified atom stereocenters. The molecule has 0 aliphatic rings. The molecule has 9 nitrogen and oxygen atoms in total. The number of phenolic OH excluding ortho intramolecular Hbond substituents is 1. The molecular weight excluding hydrogens is 568 g/mol. The van der Waals surface area contributed by atoms with Gasteiger partial charge in [0.25, 0.3) is 5.91 Å². The summed E-state index contributed by atoms with van der Waals surface area (Å²) in [7, 11) is 0. The molecule has 2 atom stereocenters. The van der Waals surface area contributed by atoms with Crippen LogP contribution in [0.1, 0.15) is 54.6 Å². The van der Waals surface area contributed by atoms with Gasteiger partial charge in [0, 0.05) is 6.42 Å². The number of benzene rings is 3. The zero-order valence-corrected chi connectivity index (χ0v) is 26.0.